The summed E-state index contributed by atoms with van der Waals surface area (Å²) in [4.78, 5) is 32.2. The predicted octanol–water partition coefficient (Wildman–Crippen LogP) is 3.62. The van der Waals surface area contributed by atoms with Crippen LogP contribution in [0.4, 0.5) is 4.39 Å². The summed E-state index contributed by atoms with van der Waals surface area (Å²) in [5, 5.41) is 0. The Hall–Kier alpha value is -3.74. The second-order valence-corrected chi connectivity index (χ2v) is 7.35. The molecule has 0 atom stereocenters. The lowest BCUT2D eigenvalue weighted by molar-refractivity contribution is 0.0770. The molecule has 3 heterocycles. The van der Waals surface area contributed by atoms with Gasteiger partial charge in [-0.15, -0.1) is 0 Å². The average Bonchev–Trinajstić information content (AvgIpc) is 2.80. The normalized spacial score (nSPS) is 13.6. The predicted molar refractivity (Wildman–Crippen MR) is 116 cm³/mol. The second kappa shape index (κ2) is 8.55. The molecule has 0 radical (unpaired) electrons. The first kappa shape index (κ1) is 20.5. The zero-order valence-electron chi connectivity index (χ0n) is 17.3. The summed E-state index contributed by atoms with van der Waals surface area (Å²) in [6.45, 7) is 2.64. The molecule has 0 fully saturated rings. The molecule has 158 valence electrons. The summed E-state index contributed by atoms with van der Waals surface area (Å²) < 4.78 is 19.6. The summed E-state index contributed by atoms with van der Waals surface area (Å²) in [7, 11) is 1.52. The number of methoxy groups -OCH3 is 1. The molecule has 1 aliphatic rings. The molecule has 1 aliphatic heterocycles. The van der Waals surface area contributed by atoms with Crippen molar-refractivity contribution >= 4 is 11.5 Å². The first-order valence-electron chi connectivity index (χ1n) is 9.95. The molecule has 0 unspecified atom stereocenters. The van der Waals surface area contributed by atoms with Gasteiger partial charge in [0.15, 0.2) is 0 Å². The van der Waals surface area contributed by atoms with Crippen molar-refractivity contribution < 1.29 is 13.9 Å². The van der Waals surface area contributed by atoms with E-state index in [1.165, 1.54) is 30.0 Å². The largest absolute Gasteiger partial charge is 0.481 e. The quantitative estimate of drug-likeness (QED) is 0.648. The van der Waals surface area contributed by atoms with E-state index in [9.17, 15) is 14.0 Å². The van der Waals surface area contributed by atoms with Crippen LogP contribution in [0.15, 0.2) is 65.7 Å². The van der Waals surface area contributed by atoms with Gasteiger partial charge < -0.3 is 9.64 Å². The second-order valence-electron chi connectivity index (χ2n) is 7.35. The number of halogens is 1. The van der Waals surface area contributed by atoms with Crippen molar-refractivity contribution in [2.24, 2.45) is 0 Å². The Morgan fingerprint density at radius 2 is 1.90 bits per heavy atom. The van der Waals surface area contributed by atoms with Crippen LogP contribution in [-0.2, 0) is 0 Å². The van der Waals surface area contributed by atoms with Gasteiger partial charge in [-0.1, -0.05) is 18.2 Å². The van der Waals surface area contributed by atoms with Gasteiger partial charge in [-0.3, -0.25) is 14.2 Å². The minimum atomic E-state index is -0.384. The number of aryl methyl sites for hydroxylation is 1. The van der Waals surface area contributed by atoms with Gasteiger partial charge in [0.05, 0.1) is 19.0 Å². The van der Waals surface area contributed by atoms with Gasteiger partial charge in [0.25, 0.3) is 11.5 Å². The van der Waals surface area contributed by atoms with Gasteiger partial charge in [0.1, 0.15) is 11.4 Å². The first-order chi connectivity index (χ1) is 15.0. The number of pyridine rings is 2. The van der Waals surface area contributed by atoms with Crippen LogP contribution in [-0.4, -0.2) is 40.6 Å². The number of hydrogen-bond acceptors (Lipinski definition) is 4. The van der Waals surface area contributed by atoms with E-state index in [1.807, 2.05) is 6.08 Å². The minimum absolute atomic E-state index is 0.150. The maximum Gasteiger partial charge on any atom is 0.268 e. The summed E-state index contributed by atoms with van der Waals surface area (Å²) in [6, 6.07) is 11.5. The number of carbonyl (C=O) groups is 1. The van der Waals surface area contributed by atoms with Gasteiger partial charge >= 0.3 is 0 Å². The van der Waals surface area contributed by atoms with E-state index >= 15 is 0 Å². The van der Waals surface area contributed by atoms with Crippen LogP contribution in [0.25, 0.3) is 11.3 Å². The van der Waals surface area contributed by atoms with E-state index in [1.54, 1.807) is 48.4 Å². The highest BCUT2D eigenvalue weighted by molar-refractivity contribution is 5.96. The SMILES string of the molecule is COc1ccc(-n2ccc(C)c(C(=O)N3CC=C(c4ccc(F)cc4)CC3)c2=O)cn1. The number of ether oxygens (including phenoxy) is 1. The average molecular weight is 419 g/mol. The molecule has 4 rings (SSSR count). The molecule has 7 heteroatoms. The Bertz CT molecular complexity index is 1200. The molecule has 31 heavy (non-hydrogen) atoms. The molecule has 0 spiro atoms. The Labute approximate surface area is 179 Å². The summed E-state index contributed by atoms with van der Waals surface area (Å²) >= 11 is 0. The van der Waals surface area contributed by atoms with Crippen LogP contribution in [0.1, 0.15) is 27.9 Å². The molecular formula is C24H22FN3O3. The molecule has 0 saturated carbocycles. The highest BCUT2D eigenvalue weighted by Crippen LogP contribution is 2.23. The van der Waals surface area contributed by atoms with E-state index in [0.717, 1.165) is 11.1 Å². The van der Waals surface area contributed by atoms with Crippen molar-refractivity contribution in [2.75, 3.05) is 20.2 Å². The van der Waals surface area contributed by atoms with Crippen LogP contribution < -0.4 is 10.3 Å². The maximum atomic E-state index is 13.2. The van der Waals surface area contributed by atoms with E-state index in [4.69, 9.17) is 4.74 Å². The van der Waals surface area contributed by atoms with Crippen molar-refractivity contribution in [2.45, 2.75) is 13.3 Å². The number of hydrogen-bond donors (Lipinski definition) is 0. The molecule has 6 nitrogen and oxygen atoms in total. The third kappa shape index (κ3) is 4.12. The summed E-state index contributed by atoms with van der Waals surface area (Å²) in [6.07, 6.45) is 5.77. The highest BCUT2D eigenvalue weighted by atomic mass is 19.1. The Kier molecular flexibility index (Phi) is 5.66. The smallest absolute Gasteiger partial charge is 0.268 e. The van der Waals surface area contributed by atoms with Crippen molar-refractivity contribution in [1.29, 1.82) is 0 Å². The molecule has 0 bridgehead atoms. The lowest BCUT2D eigenvalue weighted by Crippen LogP contribution is -2.39. The molecule has 0 N–H and O–H groups in total. The number of benzene rings is 1. The van der Waals surface area contributed by atoms with Crippen LogP contribution in [0, 0.1) is 12.7 Å². The lowest BCUT2D eigenvalue weighted by atomic mass is 9.99. The maximum absolute atomic E-state index is 13.2. The van der Waals surface area contributed by atoms with Crippen LogP contribution >= 0.6 is 0 Å². The lowest BCUT2D eigenvalue weighted by Gasteiger charge is -2.27. The third-order valence-electron chi connectivity index (χ3n) is 5.43. The monoisotopic (exact) mass is 419 g/mol. The Morgan fingerprint density at radius 1 is 1.13 bits per heavy atom. The van der Waals surface area contributed by atoms with Crippen molar-refractivity contribution in [3.05, 3.63) is 93.8 Å². The van der Waals surface area contributed by atoms with Crippen LogP contribution in [0.3, 0.4) is 0 Å². The fourth-order valence-corrected chi connectivity index (χ4v) is 3.66. The Balaban J connectivity index is 1.60. The summed E-state index contributed by atoms with van der Waals surface area (Å²) in [5.74, 6) is -0.134. The fourth-order valence-electron chi connectivity index (χ4n) is 3.66. The van der Waals surface area contributed by atoms with E-state index in [-0.39, 0.29) is 22.8 Å². The molecule has 2 aromatic heterocycles. The van der Waals surface area contributed by atoms with Crippen LogP contribution in [0.5, 0.6) is 5.88 Å². The molecule has 3 aromatic rings. The first-order valence-corrected chi connectivity index (χ1v) is 9.95. The Morgan fingerprint density at radius 3 is 2.52 bits per heavy atom. The van der Waals surface area contributed by atoms with Gasteiger partial charge in [0, 0.05) is 25.4 Å². The highest BCUT2D eigenvalue weighted by Gasteiger charge is 2.24. The summed E-state index contributed by atoms with van der Waals surface area (Å²) in [5.41, 5.74) is 2.95. The fraction of sp³-hybridized carbons (Fsp3) is 0.208. The van der Waals surface area contributed by atoms with Crippen molar-refractivity contribution in [3.8, 4) is 11.6 Å². The number of rotatable bonds is 4. The number of amides is 1. The molecule has 1 amide bonds. The number of aromatic nitrogens is 2. The zero-order valence-corrected chi connectivity index (χ0v) is 17.3. The number of carbonyl (C=O) groups excluding carboxylic acids is 1. The standard InChI is InChI=1S/C24H22FN3O3/c1-16-9-14-28(20-7-8-21(31-2)26-15-20)24(30)22(16)23(29)27-12-10-18(11-13-27)17-3-5-19(25)6-4-17/h3-10,14-15H,11-13H2,1-2H3. The molecule has 1 aromatic carbocycles. The van der Waals surface area contributed by atoms with E-state index in [2.05, 4.69) is 4.98 Å². The third-order valence-corrected chi connectivity index (χ3v) is 5.43. The molecule has 0 saturated heterocycles. The van der Waals surface area contributed by atoms with E-state index in [0.29, 0.717) is 36.6 Å². The van der Waals surface area contributed by atoms with Gasteiger partial charge in [0.2, 0.25) is 5.88 Å². The topological polar surface area (TPSA) is 64.4 Å². The number of nitrogens with zero attached hydrogens (tertiary/aromatic N) is 3. The molecular weight excluding hydrogens is 397 g/mol. The zero-order chi connectivity index (χ0) is 22.0. The van der Waals surface area contributed by atoms with Gasteiger partial charge in [-0.25, -0.2) is 9.37 Å². The van der Waals surface area contributed by atoms with Gasteiger partial charge in [-0.05, 0) is 54.3 Å². The van der Waals surface area contributed by atoms with Crippen LogP contribution in [0.2, 0.25) is 0 Å². The van der Waals surface area contributed by atoms with Gasteiger partial charge in [-0.2, -0.15) is 0 Å². The van der Waals surface area contributed by atoms with E-state index < -0.39 is 0 Å². The molecule has 0 aliphatic carbocycles. The van der Waals surface area contributed by atoms with Crippen molar-refractivity contribution in [1.82, 2.24) is 14.5 Å². The minimum Gasteiger partial charge on any atom is -0.481 e. The van der Waals surface area contributed by atoms with Crippen molar-refractivity contribution in [3.63, 3.8) is 0 Å².